The number of nitrogens with two attached hydrogens (primary N) is 2. The molecule has 3 atom stereocenters. The van der Waals surface area contributed by atoms with E-state index in [9.17, 15) is 18.0 Å². The lowest BCUT2D eigenvalue weighted by molar-refractivity contribution is -0.138. The highest BCUT2D eigenvalue weighted by atomic mass is 19.4. The maximum atomic E-state index is 12.9. The average molecular weight is 315 g/mol. The van der Waals surface area contributed by atoms with Crippen molar-refractivity contribution in [3.8, 4) is 0 Å². The van der Waals surface area contributed by atoms with E-state index >= 15 is 0 Å². The third-order valence-electron chi connectivity index (χ3n) is 4.10. The molecule has 5 N–H and O–H groups in total. The van der Waals surface area contributed by atoms with Gasteiger partial charge in [0, 0.05) is 24.5 Å². The number of carbonyl (C=O) groups is 1. The molecule has 1 amide bonds. The van der Waals surface area contributed by atoms with Crippen LogP contribution in [0.3, 0.4) is 0 Å². The first-order valence-corrected chi connectivity index (χ1v) is 7.23. The molecule has 1 aliphatic carbocycles. The van der Waals surface area contributed by atoms with Crippen molar-refractivity contribution >= 4 is 5.91 Å². The van der Waals surface area contributed by atoms with Gasteiger partial charge in [0.25, 0.3) is 0 Å². The molecule has 22 heavy (non-hydrogen) atoms. The lowest BCUT2D eigenvalue weighted by atomic mass is 9.82. The fraction of sp³-hybridized carbons (Fsp3) is 0.533. The topological polar surface area (TPSA) is 81.1 Å². The SMILES string of the molecule is NC1CCC(C(=O)NCc2ccccc2C(F)(F)F)CC1N. The minimum absolute atomic E-state index is 0.0557. The third kappa shape index (κ3) is 3.98. The first kappa shape index (κ1) is 16.8. The molecule has 7 heteroatoms. The zero-order valence-corrected chi connectivity index (χ0v) is 12.1. The first-order valence-electron chi connectivity index (χ1n) is 7.23. The van der Waals surface area contributed by atoms with E-state index < -0.39 is 11.7 Å². The maximum Gasteiger partial charge on any atom is 0.416 e. The van der Waals surface area contributed by atoms with E-state index in [1.807, 2.05) is 0 Å². The van der Waals surface area contributed by atoms with Gasteiger partial charge in [-0.15, -0.1) is 0 Å². The Hall–Kier alpha value is -1.60. The van der Waals surface area contributed by atoms with Gasteiger partial charge >= 0.3 is 6.18 Å². The Kier molecular flexibility index (Phi) is 5.08. The largest absolute Gasteiger partial charge is 0.416 e. The molecule has 1 aromatic rings. The number of nitrogens with one attached hydrogen (secondary N) is 1. The van der Waals surface area contributed by atoms with Crippen LogP contribution < -0.4 is 16.8 Å². The van der Waals surface area contributed by atoms with Crippen LogP contribution in [0.15, 0.2) is 24.3 Å². The zero-order chi connectivity index (χ0) is 16.3. The molecule has 2 rings (SSSR count). The number of benzene rings is 1. The smallest absolute Gasteiger partial charge is 0.352 e. The maximum absolute atomic E-state index is 12.9. The van der Waals surface area contributed by atoms with Gasteiger partial charge in [0.05, 0.1) is 5.56 Å². The van der Waals surface area contributed by atoms with E-state index in [-0.39, 0.29) is 36.0 Å². The van der Waals surface area contributed by atoms with E-state index in [0.717, 1.165) is 6.07 Å². The fourth-order valence-electron chi connectivity index (χ4n) is 2.74. The molecule has 4 nitrogen and oxygen atoms in total. The van der Waals surface area contributed by atoms with Gasteiger partial charge in [-0.2, -0.15) is 13.2 Å². The number of halogens is 3. The molecule has 0 bridgehead atoms. The summed E-state index contributed by atoms with van der Waals surface area (Å²) in [5, 5.41) is 2.58. The highest BCUT2D eigenvalue weighted by molar-refractivity contribution is 5.78. The van der Waals surface area contributed by atoms with Crippen LogP contribution in [0.25, 0.3) is 0 Å². The van der Waals surface area contributed by atoms with E-state index in [4.69, 9.17) is 11.5 Å². The average Bonchev–Trinajstić information content (AvgIpc) is 2.47. The zero-order valence-electron chi connectivity index (χ0n) is 12.1. The third-order valence-corrected chi connectivity index (χ3v) is 4.10. The monoisotopic (exact) mass is 315 g/mol. The van der Waals surface area contributed by atoms with Gasteiger partial charge in [-0.05, 0) is 30.9 Å². The van der Waals surface area contributed by atoms with Gasteiger partial charge in [-0.25, -0.2) is 0 Å². The predicted molar refractivity (Wildman–Crippen MR) is 76.6 cm³/mol. The Bertz CT molecular complexity index is 533. The highest BCUT2D eigenvalue weighted by Gasteiger charge is 2.33. The second-order valence-corrected chi connectivity index (χ2v) is 5.71. The van der Waals surface area contributed by atoms with Gasteiger partial charge in [0.1, 0.15) is 0 Å². The second-order valence-electron chi connectivity index (χ2n) is 5.71. The van der Waals surface area contributed by atoms with Gasteiger partial charge in [0.15, 0.2) is 0 Å². The van der Waals surface area contributed by atoms with Crippen molar-refractivity contribution in [3.05, 3.63) is 35.4 Å². The highest BCUT2D eigenvalue weighted by Crippen LogP contribution is 2.32. The molecule has 0 aliphatic heterocycles. The van der Waals surface area contributed by atoms with Crippen molar-refractivity contribution in [2.75, 3.05) is 0 Å². The minimum atomic E-state index is -4.43. The van der Waals surface area contributed by atoms with E-state index in [1.165, 1.54) is 18.2 Å². The van der Waals surface area contributed by atoms with Crippen molar-refractivity contribution < 1.29 is 18.0 Å². The summed E-state index contributed by atoms with van der Waals surface area (Å²) in [5.74, 6) is -0.549. The molecule has 0 saturated heterocycles. The Morgan fingerprint density at radius 2 is 1.86 bits per heavy atom. The quantitative estimate of drug-likeness (QED) is 0.795. The molecule has 122 valence electrons. The standard InChI is InChI=1S/C15H20F3N3O/c16-15(17,18)11-4-2-1-3-10(11)8-21-14(22)9-5-6-12(19)13(20)7-9/h1-4,9,12-13H,5-8,19-20H2,(H,21,22). The van der Waals surface area contributed by atoms with Crippen molar-refractivity contribution in [1.82, 2.24) is 5.32 Å². The molecule has 0 heterocycles. The number of rotatable bonds is 3. The summed E-state index contributed by atoms with van der Waals surface area (Å²) in [5.41, 5.74) is 11.0. The summed E-state index contributed by atoms with van der Waals surface area (Å²) in [6.45, 7) is -0.147. The summed E-state index contributed by atoms with van der Waals surface area (Å²) in [6, 6.07) is 4.87. The molecule has 0 aromatic heterocycles. The van der Waals surface area contributed by atoms with Crippen molar-refractivity contribution in [2.45, 2.75) is 44.1 Å². The molecule has 1 fully saturated rings. The normalized spacial score (nSPS) is 25.8. The van der Waals surface area contributed by atoms with Crippen LogP contribution in [-0.2, 0) is 17.5 Å². The summed E-state index contributed by atoms with van der Waals surface area (Å²) in [7, 11) is 0. The summed E-state index contributed by atoms with van der Waals surface area (Å²) in [6.07, 6.45) is -2.70. The van der Waals surface area contributed by atoms with Crippen molar-refractivity contribution in [1.29, 1.82) is 0 Å². The molecular formula is C15H20F3N3O. The van der Waals surface area contributed by atoms with Crippen LogP contribution in [0, 0.1) is 5.92 Å². The Balaban J connectivity index is 1.97. The molecular weight excluding hydrogens is 295 g/mol. The van der Waals surface area contributed by atoms with E-state index in [1.54, 1.807) is 0 Å². The van der Waals surface area contributed by atoms with Crippen LogP contribution in [0.2, 0.25) is 0 Å². The number of alkyl halides is 3. The van der Waals surface area contributed by atoms with Crippen LogP contribution in [0.1, 0.15) is 30.4 Å². The van der Waals surface area contributed by atoms with Gasteiger partial charge < -0.3 is 16.8 Å². The van der Waals surface area contributed by atoms with Crippen LogP contribution >= 0.6 is 0 Å². The first-order chi connectivity index (χ1) is 10.3. The molecule has 0 radical (unpaired) electrons. The summed E-state index contributed by atoms with van der Waals surface area (Å²) < 4.78 is 38.6. The van der Waals surface area contributed by atoms with Gasteiger partial charge in [0.2, 0.25) is 5.91 Å². The van der Waals surface area contributed by atoms with Gasteiger partial charge in [-0.1, -0.05) is 18.2 Å². The Labute approximate surface area is 127 Å². The van der Waals surface area contributed by atoms with E-state index in [0.29, 0.717) is 19.3 Å². The summed E-state index contributed by atoms with van der Waals surface area (Å²) in [4.78, 5) is 12.1. The Morgan fingerprint density at radius 1 is 1.18 bits per heavy atom. The van der Waals surface area contributed by atoms with Crippen LogP contribution in [0.4, 0.5) is 13.2 Å². The van der Waals surface area contributed by atoms with Crippen LogP contribution in [-0.4, -0.2) is 18.0 Å². The second kappa shape index (κ2) is 6.66. The van der Waals surface area contributed by atoms with E-state index in [2.05, 4.69) is 5.32 Å². The van der Waals surface area contributed by atoms with Crippen molar-refractivity contribution in [3.63, 3.8) is 0 Å². The predicted octanol–water partition coefficient (Wildman–Crippen LogP) is 1.78. The Morgan fingerprint density at radius 3 is 2.50 bits per heavy atom. The number of hydrogen-bond donors (Lipinski definition) is 3. The lowest BCUT2D eigenvalue weighted by Gasteiger charge is -2.30. The molecule has 0 spiro atoms. The molecule has 1 saturated carbocycles. The number of carbonyl (C=O) groups excluding carboxylic acids is 1. The fourth-order valence-corrected chi connectivity index (χ4v) is 2.74. The number of amides is 1. The number of hydrogen-bond acceptors (Lipinski definition) is 3. The van der Waals surface area contributed by atoms with Gasteiger partial charge in [-0.3, -0.25) is 4.79 Å². The molecule has 3 unspecified atom stereocenters. The molecule has 1 aliphatic rings. The van der Waals surface area contributed by atoms with Crippen molar-refractivity contribution in [2.24, 2.45) is 17.4 Å². The van der Waals surface area contributed by atoms with Crippen LogP contribution in [0.5, 0.6) is 0 Å². The minimum Gasteiger partial charge on any atom is -0.352 e. The lowest BCUT2D eigenvalue weighted by Crippen LogP contribution is -2.48. The molecule has 1 aromatic carbocycles. The summed E-state index contributed by atoms with van der Waals surface area (Å²) >= 11 is 0.